The number of esters is 1. The van der Waals surface area contributed by atoms with Gasteiger partial charge in [-0.05, 0) is 61.9 Å². The molecule has 1 fully saturated rings. The van der Waals surface area contributed by atoms with Crippen LogP contribution in [-0.4, -0.2) is 47.6 Å². The standard InChI is InChI=1S/C32H26N2O8S/c1-3-39-31(38)29-18(2)33-32(43-29)34-26(19-8-7-11-22(16-19)42-21-9-5-4-6-10-21)25(28(36)30(34)37)27(35)20-12-13-23-24(17-20)41-15-14-40-23/h4-13,16-17,26,35H,3,14-15H2,1-2H3. The monoisotopic (exact) mass is 598 g/mol. The van der Waals surface area contributed by atoms with Gasteiger partial charge in [-0.3, -0.25) is 14.5 Å². The molecule has 1 unspecified atom stereocenters. The number of carbonyl (C=O) groups excluding carboxylic acids is 3. The van der Waals surface area contributed by atoms with Crippen molar-refractivity contribution in [1.29, 1.82) is 0 Å². The maximum absolute atomic E-state index is 13.7. The third-order valence-electron chi connectivity index (χ3n) is 6.86. The highest BCUT2D eigenvalue weighted by Gasteiger charge is 2.48. The number of nitrogens with zero attached hydrogens (tertiary/aromatic N) is 2. The molecule has 1 N–H and O–H groups in total. The van der Waals surface area contributed by atoms with E-state index in [1.54, 1.807) is 68.4 Å². The van der Waals surface area contributed by atoms with Crippen LogP contribution in [0, 0.1) is 6.92 Å². The number of aliphatic hydroxyl groups excluding tert-OH is 1. The van der Waals surface area contributed by atoms with Gasteiger partial charge in [0.25, 0.3) is 5.78 Å². The maximum Gasteiger partial charge on any atom is 0.350 e. The Kier molecular flexibility index (Phi) is 7.56. The Morgan fingerprint density at radius 1 is 1.00 bits per heavy atom. The Balaban J connectivity index is 1.49. The molecule has 6 rings (SSSR count). The van der Waals surface area contributed by atoms with E-state index in [0.29, 0.717) is 47.5 Å². The average molecular weight is 599 g/mol. The predicted octanol–water partition coefficient (Wildman–Crippen LogP) is 5.82. The molecule has 1 amide bonds. The second-order valence-electron chi connectivity index (χ2n) is 9.65. The van der Waals surface area contributed by atoms with E-state index in [1.807, 2.05) is 18.2 Å². The quantitative estimate of drug-likeness (QED) is 0.121. The number of aryl methyl sites for hydroxylation is 1. The number of thiazole rings is 1. The molecule has 0 aliphatic carbocycles. The minimum absolute atomic E-state index is 0.114. The second-order valence-corrected chi connectivity index (χ2v) is 10.6. The minimum atomic E-state index is -1.09. The van der Waals surface area contributed by atoms with E-state index in [0.717, 1.165) is 11.3 Å². The number of ketones is 1. The second kappa shape index (κ2) is 11.6. The van der Waals surface area contributed by atoms with Crippen LogP contribution in [-0.2, 0) is 14.3 Å². The number of ether oxygens (including phenoxy) is 4. The number of hydrogen-bond acceptors (Lipinski definition) is 10. The molecule has 1 saturated heterocycles. The van der Waals surface area contributed by atoms with Gasteiger partial charge in [0.05, 0.1) is 23.9 Å². The van der Waals surface area contributed by atoms with Crippen molar-refractivity contribution in [2.24, 2.45) is 0 Å². The highest BCUT2D eigenvalue weighted by molar-refractivity contribution is 7.17. The fourth-order valence-corrected chi connectivity index (χ4v) is 5.92. The molecule has 11 heteroatoms. The summed E-state index contributed by atoms with van der Waals surface area (Å²) in [6, 6.07) is 19.8. The summed E-state index contributed by atoms with van der Waals surface area (Å²) in [5.41, 5.74) is 0.958. The molecule has 3 heterocycles. The van der Waals surface area contributed by atoms with Crippen LogP contribution in [0.15, 0.2) is 78.4 Å². The minimum Gasteiger partial charge on any atom is -0.507 e. The van der Waals surface area contributed by atoms with Crippen molar-refractivity contribution in [3.63, 3.8) is 0 Å². The van der Waals surface area contributed by atoms with Gasteiger partial charge in [-0.25, -0.2) is 9.78 Å². The van der Waals surface area contributed by atoms with Gasteiger partial charge < -0.3 is 24.1 Å². The molecule has 10 nitrogen and oxygen atoms in total. The summed E-state index contributed by atoms with van der Waals surface area (Å²) < 4.78 is 22.4. The Morgan fingerprint density at radius 2 is 1.74 bits per heavy atom. The van der Waals surface area contributed by atoms with Crippen LogP contribution in [0.1, 0.15) is 39.5 Å². The summed E-state index contributed by atoms with van der Waals surface area (Å²) in [5.74, 6) is -0.803. The van der Waals surface area contributed by atoms with E-state index in [2.05, 4.69) is 4.98 Å². The van der Waals surface area contributed by atoms with Crippen molar-refractivity contribution in [2.75, 3.05) is 24.7 Å². The van der Waals surface area contributed by atoms with Gasteiger partial charge in [-0.2, -0.15) is 0 Å². The van der Waals surface area contributed by atoms with Gasteiger partial charge in [-0.15, -0.1) is 0 Å². The summed E-state index contributed by atoms with van der Waals surface area (Å²) >= 11 is 0.939. The molecule has 0 saturated carbocycles. The smallest absolute Gasteiger partial charge is 0.350 e. The molecule has 3 aromatic carbocycles. The fraction of sp³-hybridized carbons (Fsp3) is 0.188. The zero-order valence-corrected chi connectivity index (χ0v) is 24.1. The van der Waals surface area contributed by atoms with Gasteiger partial charge in [-0.1, -0.05) is 41.7 Å². The van der Waals surface area contributed by atoms with Crippen molar-refractivity contribution in [1.82, 2.24) is 4.98 Å². The van der Waals surface area contributed by atoms with E-state index in [9.17, 15) is 19.5 Å². The van der Waals surface area contributed by atoms with Gasteiger partial charge in [0.2, 0.25) is 0 Å². The van der Waals surface area contributed by atoms with Crippen LogP contribution in [0.25, 0.3) is 5.76 Å². The van der Waals surface area contributed by atoms with Crippen molar-refractivity contribution in [3.8, 4) is 23.0 Å². The molecule has 0 bridgehead atoms. The first kappa shape index (κ1) is 28.0. The van der Waals surface area contributed by atoms with E-state index in [1.165, 1.54) is 4.90 Å². The van der Waals surface area contributed by atoms with Crippen LogP contribution < -0.4 is 19.1 Å². The molecule has 0 radical (unpaired) electrons. The molecule has 1 aromatic heterocycles. The highest BCUT2D eigenvalue weighted by atomic mass is 32.1. The number of para-hydroxylation sites is 1. The van der Waals surface area contributed by atoms with Gasteiger partial charge in [0.15, 0.2) is 16.6 Å². The molecule has 43 heavy (non-hydrogen) atoms. The lowest BCUT2D eigenvalue weighted by Crippen LogP contribution is -2.29. The lowest BCUT2D eigenvalue weighted by Gasteiger charge is -2.24. The normalized spacial score (nSPS) is 17.2. The van der Waals surface area contributed by atoms with Crippen LogP contribution in [0.5, 0.6) is 23.0 Å². The number of benzene rings is 3. The summed E-state index contributed by atoms with van der Waals surface area (Å²) in [6.45, 7) is 4.21. The molecule has 4 aromatic rings. The van der Waals surface area contributed by atoms with Crippen LogP contribution in [0.3, 0.4) is 0 Å². The van der Waals surface area contributed by atoms with E-state index < -0.39 is 29.5 Å². The molecule has 2 aliphatic heterocycles. The summed E-state index contributed by atoms with van der Waals surface area (Å²) in [4.78, 5) is 45.8. The number of fused-ring (bicyclic) bond motifs is 1. The lowest BCUT2D eigenvalue weighted by molar-refractivity contribution is -0.132. The summed E-state index contributed by atoms with van der Waals surface area (Å²) in [6.07, 6.45) is 0. The zero-order valence-electron chi connectivity index (χ0n) is 23.2. The molecule has 1 atom stereocenters. The van der Waals surface area contributed by atoms with E-state index >= 15 is 0 Å². The largest absolute Gasteiger partial charge is 0.507 e. The number of hydrogen-bond donors (Lipinski definition) is 1. The molecular weight excluding hydrogens is 572 g/mol. The predicted molar refractivity (Wildman–Crippen MR) is 158 cm³/mol. The molecular formula is C32H26N2O8S. The van der Waals surface area contributed by atoms with Crippen LogP contribution >= 0.6 is 11.3 Å². The van der Waals surface area contributed by atoms with Crippen molar-refractivity contribution in [3.05, 3.63) is 100 Å². The number of anilines is 1. The lowest BCUT2D eigenvalue weighted by atomic mass is 9.95. The summed E-state index contributed by atoms with van der Waals surface area (Å²) in [7, 11) is 0. The molecule has 0 spiro atoms. The van der Waals surface area contributed by atoms with E-state index in [4.69, 9.17) is 18.9 Å². The van der Waals surface area contributed by atoms with E-state index in [-0.39, 0.29) is 27.8 Å². The number of aliphatic hydroxyl groups is 1. The average Bonchev–Trinajstić information content (AvgIpc) is 3.53. The third kappa shape index (κ3) is 5.30. The Morgan fingerprint density at radius 3 is 2.51 bits per heavy atom. The third-order valence-corrected chi connectivity index (χ3v) is 8.00. The zero-order chi connectivity index (χ0) is 30.1. The van der Waals surface area contributed by atoms with Crippen molar-refractivity contribution in [2.45, 2.75) is 19.9 Å². The molecule has 2 aliphatic rings. The first-order valence-corrected chi connectivity index (χ1v) is 14.4. The SMILES string of the molecule is CCOC(=O)c1sc(N2C(=O)C(=O)C(=C(O)c3ccc4c(c3)OCCO4)C2c2cccc(Oc3ccccc3)c2)nc1C. The first-order chi connectivity index (χ1) is 20.9. The maximum atomic E-state index is 13.7. The van der Waals surface area contributed by atoms with Crippen LogP contribution in [0.2, 0.25) is 0 Å². The van der Waals surface area contributed by atoms with Gasteiger partial charge in [0, 0.05) is 5.56 Å². The Labute approximate surface area is 250 Å². The fourth-order valence-electron chi connectivity index (χ4n) is 4.94. The number of amides is 1. The number of aromatic nitrogens is 1. The Hall–Kier alpha value is -5.16. The highest BCUT2D eigenvalue weighted by Crippen LogP contribution is 2.45. The van der Waals surface area contributed by atoms with Gasteiger partial charge in [0.1, 0.15) is 35.3 Å². The summed E-state index contributed by atoms with van der Waals surface area (Å²) in [5, 5.41) is 11.7. The Bertz CT molecular complexity index is 1760. The van der Waals surface area contributed by atoms with Crippen LogP contribution in [0.4, 0.5) is 5.13 Å². The van der Waals surface area contributed by atoms with Crippen molar-refractivity contribution < 1.29 is 38.4 Å². The number of carbonyl (C=O) groups is 3. The van der Waals surface area contributed by atoms with Gasteiger partial charge >= 0.3 is 11.9 Å². The van der Waals surface area contributed by atoms with Crippen molar-refractivity contribution >= 4 is 39.9 Å². The molecule has 218 valence electrons. The number of Topliss-reactive ketones (excluding diaryl/α,β-unsaturated/α-hetero) is 1. The first-order valence-electron chi connectivity index (χ1n) is 13.5. The topological polar surface area (TPSA) is 124 Å². The number of rotatable bonds is 7.